The van der Waals surface area contributed by atoms with Crippen molar-refractivity contribution in [3.8, 4) is 0 Å². The maximum Gasteiger partial charge on any atom is 0.0964 e. The van der Waals surface area contributed by atoms with Crippen LogP contribution in [0.4, 0.5) is 0 Å². The fraction of sp³-hybridized carbons (Fsp3) is 0.0476. The zero-order chi connectivity index (χ0) is 30.7. The van der Waals surface area contributed by atoms with Crippen LogP contribution in [0.5, 0.6) is 0 Å². The van der Waals surface area contributed by atoms with Crippen molar-refractivity contribution in [3.05, 3.63) is 214 Å². The molecule has 0 saturated carbocycles. The Bertz CT molecular complexity index is 1940. The van der Waals surface area contributed by atoms with Crippen LogP contribution in [0.1, 0.15) is 55.9 Å². The molecule has 0 saturated heterocycles. The van der Waals surface area contributed by atoms with Gasteiger partial charge in [0.2, 0.25) is 0 Å². The summed E-state index contributed by atoms with van der Waals surface area (Å²) in [7, 11) is 0. The van der Waals surface area contributed by atoms with Gasteiger partial charge in [-0.25, -0.2) is 0 Å². The number of pyridine rings is 2. The highest BCUT2D eigenvalue weighted by atomic mass is 14.8. The minimum Gasteiger partial charge on any atom is -0.260 e. The molecule has 218 valence electrons. The Morgan fingerprint density at radius 1 is 0.435 bits per heavy atom. The first-order chi connectivity index (χ1) is 22.8. The summed E-state index contributed by atoms with van der Waals surface area (Å²) in [6.07, 6.45) is 9.35. The van der Waals surface area contributed by atoms with Crippen molar-refractivity contribution in [1.82, 2.24) is 9.97 Å². The van der Waals surface area contributed by atoms with Crippen molar-refractivity contribution >= 4 is 22.6 Å². The van der Waals surface area contributed by atoms with Crippen LogP contribution in [0, 0.1) is 0 Å². The van der Waals surface area contributed by atoms with Gasteiger partial charge in [-0.05, 0) is 34.4 Å². The number of benzene rings is 4. The molecule has 0 atom stereocenters. The van der Waals surface area contributed by atoms with E-state index in [1.165, 1.54) is 22.3 Å². The largest absolute Gasteiger partial charge is 0.260 e. The average molecular weight is 591 g/mol. The zero-order valence-corrected chi connectivity index (χ0v) is 25.2. The summed E-state index contributed by atoms with van der Waals surface area (Å²) in [4.78, 5) is 20.1. The Kier molecular flexibility index (Phi) is 7.29. The first-order valence-corrected chi connectivity index (χ1v) is 15.6. The molecule has 8 rings (SSSR count). The molecule has 6 aromatic rings. The predicted molar refractivity (Wildman–Crippen MR) is 187 cm³/mol. The van der Waals surface area contributed by atoms with E-state index in [4.69, 9.17) is 20.0 Å². The molecule has 0 fully saturated rings. The molecule has 4 nitrogen and oxygen atoms in total. The van der Waals surface area contributed by atoms with E-state index in [1.54, 1.807) is 0 Å². The van der Waals surface area contributed by atoms with E-state index in [0.717, 1.165) is 69.1 Å². The number of rotatable bonds is 5. The fourth-order valence-electron chi connectivity index (χ4n) is 6.45. The highest BCUT2D eigenvalue weighted by Crippen LogP contribution is 2.36. The van der Waals surface area contributed by atoms with Gasteiger partial charge in [0.15, 0.2) is 0 Å². The van der Waals surface area contributed by atoms with E-state index in [2.05, 4.69) is 84.9 Å². The first kappa shape index (κ1) is 27.5. The lowest BCUT2D eigenvalue weighted by atomic mass is 9.85. The van der Waals surface area contributed by atoms with Crippen molar-refractivity contribution < 1.29 is 0 Å². The Balaban J connectivity index is 1.36. The third-order valence-corrected chi connectivity index (χ3v) is 8.66. The number of nitrogens with zero attached hydrogens (tertiary/aromatic N) is 4. The highest BCUT2D eigenvalue weighted by molar-refractivity contribution is 6.53. The molecule has 4 heteroatoms. The minimum absolute atomic E-state index is 0.792. The molecule has 0 bridgehead atoms. The SMILES string of the molecule is C(/N=C(C(=N/C=C1\c2ccccc2Cc2ncccc21)c1ccccc1)c1ccccc1)=C1/c2ccccc2Cc2ncccc21. The molecular formula is C42H30N4. The van der Waals surface area contributed by atoms with Crippen LogP contribution >= 0.6 is 0 Å². The molecule has 0 radical (unpaired) electrons. The summed E-state index contributed by atoms with van der Waals surface area (Å²) in [6.45, 7) is 0. The Morgan fingerprint density at radius 2 is 0.826 bits per heavy atom. The summed E-state index contributed by atoms with van der Waals surface area (Å²) < 4.78 is 0. The molecule has 0 amide bonds. The third kappa shape index (κ3) is 5.20. The second-order valence-corrected chi connectivity index (χ2v) is 11.4. The van der Waals surface area contributed by atoms with Crippen LogP contribution in [-0.4, -0.2) is 21.4 Å². The van der Waals surface area contributed by atoms with Gasteiger partial charge in [0.25, 0.3) is 0 Å². The predicted octanol–water partition coefficient (Wildman–Crippen LogP) is 8.74. The lowest BCUT2D eigenvalue weighted by Crippen LogP contribution is -2.17. The summed E-state index contributed by atoms with van der Waals surface area (Å²) in [5, 5.41) is 0. The normalized spacial score (nSPS) is 15.6. The van der Waals surface area contributed by atoms with Crippen molar-refractivity contribution in [1.29, 1.82) is 0 Å². The Labute approximate surface area is 268 Å². The summed E-state index contributed by atoms with van der Waals surface area (Å²) in [5.41, 5.74) is 14.9. The molecule has 0 N–H and O–H groups in total. The van der Waals surface area contributed by atoms with Gasteiger partial charge in [0.1, 0.15) is 0 Å². The first-order valence-electron chi connectivity index (χ1n) is 15.6. The molecule has 4 aromatic carbocycles. The highest BCUT2D eigenvalue weighted by Gasteiger charge is 2.23. The number of fused-ring (bicyclic) bond motifs is 4. The summed E-state index contributed by atoms with van der Waals surface area (Å²) in [6, 6.07) is 46.0. The molecule has 46 heavy (non-hydrogen) atoms. The average Bonchev–Trinajstić information content (AvgIpc) is 3.12. The van der Waals surface area contributed by atoms with Crippen molar-refractivity contribution in [2.75, 3.05) is 0 Å². The van der Waals surface area contributed by atoms with Crippen LogP contribution in [-0.2, 0) is 12.8 Å². The zero-order valence-electron chi connectivity index (χ0n) is 25.2. The van der Waals surface area contributed by atoms with E-state index in [-0.39, 0.29) is 0 Å². The maximum absolute atomic E-state index is 5.30. The van der Waals surface area contributed by atoms with Gasteiger partial charge < -0.3 is 0 Å². The number of aromatic nitrogens is 2. The molecule has 0 unspecified atom stereocenters. The number of aliphatic imine (C=N–C) groups is 2. The quantitative estimate of drug-likeness (QED) is 0.188. The van der Waals surface area contributed by atoms with Crippen LogP contribution in [0.3, 0.4) is 0 Å². The van der Waals surface area contributed by atoms with Gasteiger partial charge in [-0.1, -0.05) is 121 Å². The van der Waals surface area contributed by atoms with Gasteiger partial charge >= 0.3 is 0 Å². The van der Waals surface area contributed by atoms with Gasteiger partial charge in [-0.2, -0.15) is 0 Å². The van der Waals surface area contributed by atoms with E-state index in [1.807, 2.05) is 73.3 Å². The number of hydrogen-bond acceptors (Lipinski definition) is 4. The third-order valence-electron chi connectivity index (χ3n) is 8.66. The van der Waals surface area contributed by atoms with Gasteiger partial charge in [-0.3, -0.25) is 20.0 Å². The van der Waals surface area contributed by atoms with Gasteiger partial charge in [0, 0.05) is 71.0 Å². The summed E-state index contributed by atoms with van der Waals surface area (Å²) >= 11 is 0. The fourth-order valence-corrected chi connectivity index (χ4v) is 6.45. The van der Waals surface area contributed by atoms with E-state index in [0.29, 0.717) is 0 Å². The Morgan fingerprint density at radius 3 is 1.28 bits per heavy atom. The second kappa shape index (κ2) is 12.2. The van der Waals surface area contributed by atoms with Crippen LogP contribution in [0.15, 0.2) is 168 Å². The minimum atomic E-state index is 0.792. The molecule has 2 aliphatic rings. The van der Waals surface area contributed by atoms with Gasteiger partial charge in [-0.15, -0.1) is 0 Å². The second-order valence-electron chi connectivity index (χ2n) is 11.4. The summed E-state index contributed by atoms with van der Waals surface area (Å²) in [5.74, 6) is 0. The van der Waals surface area contributed by atoms with Crippen LogP contribution in [0.2, 0.25) is 0 Å². The molecule has 0 aliphatic heterocycles. The molecule has 2 heterocycles. The number of hydrogen-bond donors (Lipinski definition) is 0. The van der Waals surface area contributed by atoms with E-state index in [9.17, 15) is 0 Å². The lowest BCUT2D eigenvalue weighted by molar-refractivity contribution is 1.03. The van der Waals surface area contributed by atoms with Crippen LogP contribution < -0.4 is 0 Å². The standard InChI is InChI=1S/C42H30N4/c1-3-13-29(14-4-1)41(45-27-37-33-19-9-7-17-31(33)25-39-35(37)21-11-23-43-39)42(30-15-5-2-6-16-30)46-28-38-34-20-10-8-18-32(34)26-40-36(38)22-12-24-44-40/h1-24,27-28H,25-26H2/b37-27+,38-28+,45-41?,46-42?. The molecule has 0 spiro atoms. The Hall–Kier alpha value is -6.00. The van der Waals surface area contributed by atoms with Crippen molar-refractivity contribution in [2.24, 2.45) is 9.98 Å². The monoisotopic (exact) mass is 590 g/mol. The van der Waals surface area contributed by atoms with E-state index < -0.39 is 0 Å². The van der Waals surface area contributed by atoms with Gasteiger partial charge in [0.05, 0.1) is 22.8 Å². The lowest BCUT2D eigenvalue weighted by Gasteiger charge is -2.21. The topological polar surface area (TPSA) is 50.5 Å². The molecule has 2 aliphatic carbocycles. The smallest absolute Gasteiger partial charge is 0.0964 e. The molecular weight excluding hydrogens is 560 g/mol. The van der Waals surface area contributed by atoms with E-state index >= 15 is 0 Å². The van der Waals surface area contributed by atoms with Crippen LogP contribution in [0.25, 0.3) is 11.1 Å². The molecule has 2 aromatic heterocycles. The maximum atomic E-state index is 5.30. The van der Waals surface area contributed by atoms with Crippen molar-refractivity contribution in [3.63, 3.8) is 0 Å². The van der Waals surface area contributed by atoms with Crippen molar-refractivity contribution in [2.45, 2.75) is 12.8 Å².